The molecule has 66 valence electrons. The van der Waals surface area contributed by atoms with Crippen LogP contribution in [0.25, 0.3) is 0 Å². The Morgan fingerprint density at radius 1 is 1.25 bits per heavy atom. The number of benzene rings is 1. The van der Waals surface area contributed by atoms with Gasteiger partial charge in [0.25, 0.3) is 0 Å². The molecule has 1 aromatic carbocycles. The highest BCUT2D eigenvalue weighted by Gasteiger charge is 1.79. The molecule has 2 heteroatoms. The van der Waals surface area contributed by atoms with Crippen LogP contribution < -0.4 is 0 Å². The molecule has 0 amide bonds. The number of aliphatic hydroxyl groups excluding tert-OH is 1. The van der Waals surface area contributed by atoms with Gasteiger partial charge in [-0.1, -0.05) is 30.3 Å². The van der Waals surface area contributed by atoms with Crippen molar-refractivity contribution in [1.29, 1.82) is 0 Å². The van der Waals surface area contributed by atoms with E-state index < -0.39 is 0 Å². The van der Waals surface area contributed by atoms with Gasteiger partial charge in [-0.2, -0.15) is 0 Å². The lowest BCUT2D eigenvalue weighted by molar-refractivity contribution is 0.112. The van der Waals surface area contributed by atoms with Crippen LogP contribution in [0.3, 0.4) is 0 Å². The van der Waals surface area contributed by atoms with Gasteiger partial charge in [-0.3, -0.25) is 4.79 Å². The first-order valence-electron chi connectivity index (χ1n) is 3.85. The molecule has 0 aliphatic carbocycles. The molecule has 0 aliphatic rings. The van der Waals surface area contributed by atoms with Gasteiger partial charge in [0.15, 0.2) is 0 Å². The minimum atomic E-state index is -0.167. The van der Waals surface area contributed by atoms with Gasteiger partial charge in [-0.15, -0.1) is 0 Å². The van der Waals surface area contributed by atoms with Crippen molar-refractivity contribution in [3.63, 3.8) is 0 Å². The van der Waals surface area contributed by atoms with Gasteiger partial charge in [-0.25, -0.2) is 0 Å². The minimum absolute atomic E-state index is 0.167. The summed E-state index contributed by atoms with van der Waals surface area (Å²) in [5, 5.41) is 8.06. The Morgan fingerprint density at radius 3 is 1.92 bits per heavy atom. The van der Waals surface area contributed by atoms with Gasteiger partial charge in [0, 0.05) is 11.7 Å². The topological polar surface area (TPSA) is 37.3 Å². The average molecular weight is 166 g/mol. The lowest BCUT2D eigenvalue weighted by Gasteiger charge is -1.81. The summed E-state index contributed by atoms with van der Waals surface area (Å²) in [5.74, 6) is 0. The van der Waals surface area contributed by atoms with Crippen molar-refractivity contribution in [3.05, 3.63) is 35.9 Å². The van der Waals surface area contributed by atoms with Gasteiger partial charge in [0.1, 0.15) is 6.29 Å². The molecule has 0 fully saturated rings. The summed E-state index contributed by atoms with van der Waals surface area (Å²) in [6.07, 6.45) is 0.667. The normalized spacial score (nSPS) is 8.67. The summed E-state index contributed by atoms with van der Waals surface area (Å²) in [5.41, 5.74) is 0.729. The first-order valence-corrected chi connectivity index (χ1v) is 3.85. The summed E-state index contributed by atoms with van der Waals surface area (Å²) in [6, 6.07) is 9.10. The maximum Gasteiger partial charge on any atom is 0.150 e. The molecule has 12 heavy (non-hydrogen) atoms. The SMILES string of the molecule is CC(C)O.O=Cc1ccccc1. The van der Waals surface area contributed by atoms with Crippen molar-refractivity contribution in [1.82, 2.24) is 0 Å². The molecule has 1 N–H and O–H groups in total. The zero-order valence-corrected chi connectivity index (χ0v) is 7.40. The number of aldehydes is 1. The molecule has 0 atom stereocenters. The second-order valence-corrected chi connectivity index (χ2v) is 2.62. The number of hydrogen-bond donors (Lipinski definition) is 1. The molecule has 1 aromatic rings. The standard InChI is InChI=1S/C7H6O.C3H8O/c8-6-7-4-2-1-3-5-7;1-3(2)4/h1-6H;3-4H,1-2H3. The first kappa shape index (κ1) is 10.8. The van der Waals surface area contributed by atoms with Crippen LogP contribution in [0.4, 0.5) is 0 Å². The average Bonchev–Trinajstić information content (AvgIpc) is 2.05. The van der Waals surface area contributed by atoms with Crippen molar-refractivity contribution in [3.8, 4) is 0 Å². The van der Waals surface area contributed by atoms with Crippen LogP contribution >= 0.6 is 0 Å². The van der Waals surface area contributed by atoms with Gasteiger partial charge < -0.3 is 5.11 Å². The highest BCUT2D eigenvalue weighted by atomic mass is 16.3. The molecule has 0 saturated carbocycles. The Labute approximate surface area is 72.9 Å². The van der Waals surface area contributed by atoms with Crippen LogP contribution in [0.5, 0.6) is 0 Å². The largest absolute Gasteiger partial charge is 0.394 e. The lowest BCUT2D eigenvalue weighted by Crippen LogP contribution is -1.85. The maximum atomic E-state index is 10.0. The molecular weight excluding hydrogens is 152 g/mol. The van der Waals surface area contributed by atoms with E-state index in [1.165, 1.54) is 0 Å². The molecule has 0 unspecified atom stereocenters. The molecule has 2 nitrogen and oxygen atoms in total. The molecule has 0 radical (unpaired) electrons. The zero-order chi connectivity index (χ0) is 9.40. The predicted octanol–water partition coefficient (Wildman–Crippen LogP) is 1.89. The van der Waals surface area contributed by atoms with E-state index in [0.717, 1.165) is 11.8 Å². The highest BCUT2D eigenvalue weighted by Crippen LogP contribution is 1.91. The Kier molecular flexibility index (Phi) is 5.93. The van der Waals surface area contributed by atoms with Crippen molar-refractivity contribution in [2.45, 2.75) is 20.0 Å². The van der Waals surface area contributed by atoms with Crippen molar-refractivity contribution >= 4 is 6.29 Å². The number of aliphatic hydroxyl groups is 1. The van der Waals surface area contributed by atoms with Crippen molar-refractivity contribution in [2.24, 2.45) is 0 Å². The summed E-state index contributed by atoms with van der Waals surface area (Å²) in [4.78, 5) is 10.0. The van der Waals surface area contributed by atoms with E-state index in [9.17, 15) is 4.79 Å². The van der Waals surface area contributed by atoms with Gasteiger partial charge in [0.05, 0.1) is 0 Å². The monoisotopic (exact) mass is 166 g/mol. The predicted molar refractivity (Wildman–Crippen MR) is 49.2 cm³/mol. The van der Waals surface area contributed by atoms with Crippen LogP contribution in [0.1, 0.15) is 24.2 Å². The first-order chi connectivity index (χ1) is 5.66. The summed E-state index contributed by atoms with van der Waals surface area (Å²) < 4.78 is 0. The van der Waals surface area contributed by atoms with Gasteiger partial charge >= 0.3 is 0 Å². The molecule has 0 heterocycles. The lowest BCUT2D eigenvalue weighted by atomic mass is 10.2. The summed E-state index contributed by atoms with van der Waals surface area (Å²) >= 11 is 0. The molecular formula is C10H14O2. The van der Waals surface area contributed by atoms with E-state index in [4.69, 9.17) is 5.11 Å². The Balaban J connectivity index is 0.000000261. The van der Waals surface area contributed by atoms with Crippen molar-refractivity contribution in [2.75, 3.05) is 0 Å². The Bertz CT molecular complexity index is 202. The molecule has 0 aromatic heterocycles. The summed E-state index contributed by atoms with van der Waals surface area (Å²) in [6.45, 7) is 3.44. The third-order valence-corrected chi connectivity index (χ3v) is 0.936. The number of rotatable bonds is 1. The van der Waals surface area contributed by atoms with Crippen LogP contribution in [-0.4, -0.2) is 17.5 Å². The van der Waals surface area contributed by atoms with E-state index in [1.54, 1.807) is 26.0 Å². The van der Waals surface area contributed by atoms with E-state index in [0.29, 0.717) is 0 Å². The number of carbonyl (C=O) groups excluding carboxylic acids is 1. The van der Waals surface area contributed by atoms with Crippen molar-refractivity contribution < 1.29 is 9.90 Å². The maximum absolute atomic E-state index is 10.0. The highest BCUT2D eigenvalue weighted by molar-refractivity contribution is 5.74. The van der Waals surface area contributed by atoms with Gasteiger partial charge in [-0.05, 0) is 13.8 Å². The molecule has 1 rings (SSSR count). The van der Waals surface area contributed by atoms with Crippen LogP contribution in [0.2, 0.25) is 0 Å². The van der Waals surface area contributed by atoms with E-state index >= 15 is 0 Å². The number of hydrogen-bond acceptors (Lipinski definition) is 2. The third-order valence-electron chi connectivity index (χ3n) is 0.936. The van der Waals surface area contributed by atoms with Gasteiger partial charge in [0.2, 0.25) is 0 Å². The quantitative estimate of drug-likeness (QED) is 0.647. The zero-order valence-electron chi connectivity index (χ0n) is 7.40. The fourth-order valence-electron chi connectivity index (χ4n) is 0.532. The van der Waals surface area contributed by atoms with Crippen LogP contribution in [0.15, 0.2) is 30.3 Å². The third kappa shape index (κ3) is 6.96. The van der Waals surface area contributed by atoms with E-state index in [2.05, 4.69) is 0 Å². The molecule has 0 aliphatic heterocycles. The molecule has 0 bridgehead atoms. The fourth-order valence-corrected chi connectivity index (χ4v) is 0.532. The summed E-state index contributed by atoms with van der Waals surface area (Å²) in [7, 11) is 0. The smallest absolute Gasteiger partial charge is 0.150 e. The fraction of sp³-hybridized carbons (Fsp3) is 0.300. The van der Waals surface area contributed by atoms with Crippen LogP contribution in [-0.2, 0) is 0 Å². The minimum Gasteiger partial charge on any atom is -0.394 e. The Morgan fingerprint density at radius 2 is 1.67 bits per heavy atom. The molecule has 0 spiro atoms. The van der Waals surface area contributed by atoms with Crippen LogP contribution in [0, 0.1) is 0 Å². The van der Waals surface area contributed by atoms with E-state index in [1.807, 2.05) is 18.2 Å². The Hall–Kier alpha value is -1.15. The molecule has 0 saturated heterocycles. The van der Waals surface area contributed by atoms with E-state index in [-0.39, 0.29) is 6.10 Å². The second-order valence-electron chi connectivity index (χ2n) is 2.62. The number of carbonyl (C=O) groups is 1. The second kappa shape index (κ2) is 6.55.